The summed E-state index contributed by atoms with van der Waals surface area (Å²) in [6, 6.07) is 1.44. The summed E-state index contributed by atoms with van der Waals surface area (Å²) in [5.41, 5.74) is 10.8. The van der Waals surface area contributed by atoms with Crippen LogP contribution in [0, 0.1) is 5.41 Å². The van der Waals surface area contributed by atoms with Crippen LogP contribution in [-0.4, -0.2) is 20.5 Å². The minimum atomic E-state index is -0.158. The fourth-order valence-electron chi connectivity index (χ4n) is 1.25. The minimum absolute atomic E-state index is 0.0109. The zero-order chi connectivity index (χ0) is 13.1. The van der Waals surface area contributed by atoms with Gasteiger partial charge in [-0.15, -0.1) is 11.3 Å². The molecule has 2 aromatic rings. The van der Waals surface area contributed by atoms with E-state index in [2.05, 4.69) is 9.98 Å². The van der Waals surface area contributed by atoms with Gasteiger partial charge < -0.3 is 11.5 Å². The van der Waals surface area contributed by atoms with Crippen LogP contribution >= 0.6 is 23.1 Å². The van der Waals surface area contributed by atoms with E-state index >= 15 is 0 Å². The van der Waals surface area contributed by atoms with Crippen LogP contribution in [0.15, 0.2) is 27.4 Å². The molecule has 0 fully saturated rings. The monoisotopic (exact) mass is 282 g/mol. The molecule has 0 amide bonds. The van der Waals surface area contributed by atoms with Crippen molar-refractivity contribution in [1.82, 2.24) is 9.38 Å². The third kappa shape index (κ3) is 2.87. The number of hydrogen-bond donors (Lipinski definition) is 3. The van der Waals surface area contributed by atoms with Crippen LogP contribution in [0.3, 0.4) is 0 Å². The van der Waals surface area contributed by atoms with Gasteiger partial charge in [0.15, 0.2) is 16.1 Å². The Morgan fingerprint density at radius 1 is 1.61 bits per heavy atom. The molecule has 0 atom stereocenters. The Balaban J connectivity index is 2.15. The van der Waals surface area contributed by atoms with Gasteiger partial charge in [-0.3, -0.25) is 14.6 Å². The molecule has 5 N–H and O–H groups in total. The molecule has 94 valence electrons. The topological polar surface area (TPSA) is 123 Å². The summed E-state index contributed by atoms with van der Waals surface area (Å²) < 4.78 is 1.47. The first-order chi connectivity index (χ1) is 8.56. The quantitative estimate of drug-likeness (QED) is 0.536. The third-order valence-corrected chi connectivity index (χ3v) is 3.51. The highest BCUT2D eigenvalue weighted by Gasteiger charge is 2.05. The van der Waals surface area contributed by atoms with Crippen molar-refractivity contribution >= 4 is 39.2 Å². The molecule has 2 aromatic heterocycles. The minimum Gasteiger partial charge on any atom is -0.370 e. The Kier molecular flexibility index (Phi) is 3.63. The molecule has 0 aromatic carbocycles. The molecule has 0 spiro atoms. The van der Waals surface area contributed by atoms with E-state index in [-0.39, 0.29) is 16.7 Å². The lowest BCUT2D eigenvalue weighted by Crippen LogP contribution is -2.23. The molecule has 2 rings (SSSR count). The Hall–Kier alpha value is -1.87. The number of fused-ring (bicyclic) bond motifs is 1. The van der Waals surface area contributed by atoms with Crippen LogP contribution in [0.2, 0.25) is 0 Å². The van der Waals surface area contributed by atoms with Crippen molar-refractivity contribution in [2.45, 2.75) is 5.75 Å². The Bertz CT molecular complexity index is 669. The fourth-order valence-corrected chi connectivity index (χ4v) is 2.59. The van der Waals surface area contributed by atoms with Gasteiger partial charge in [0.05, 0.1) is 5.69 Å². The first-order valence-electron chi connectivity index (χ1n) is 4.83. The summed E-state index contributed by atoms with van der Waals surface area (Å²) in [7, 11) is 0. The van der Waals surface area contributed by atoms with Gasteiger partial charge in [-0.25, -0.2) is 4.98 Å². The number of thioether (sulfide) groups is 1. The molecule has 2 heterocycles. The van der Waals surface area contributed by atoms with Crippen molar-refractivity contribution in [3.8, 4) is 0 Å². The number of thiazole rings is 1. The van der Waals surface area contributed by atoms with Crippen LogP contribution in [0.5, 0.6) is 0 Å². The van der Waals surface area contributed by atoms with E-state index in [1.807, 2.05) is 0 Å². The third-order valence-electron chi connectivity index (χ3n) is 1.94. The second kappa shape index (κ2) is 5.19. The number of hydrogen-bond acceptors (Lipinski definition) is 5. The molecule has 0 saturated carbocycles. The molecule has 0 saturated heterocycles. The summed E-state index contributed by atoms with van der Waals surface area (Å²) in [4.78, 5) is 20.2. The van der Waals surface area contributed by atoms with Crippen molar-refractivity contribution < 1.29 is 0 Å². The van der Waals surface area contributed by atoms with Crippen molar-refractivity contribution in [2.75, 3.05) is 0 Å². The second-order valence-electron chi connectivity index (χ2n) is 3.27. The lowest BCUT2D eigenvalue weighted by molar-refractivity contribution is 1.04. The number of nitrogens with zero attached hydrogens (tertiary/aromatic N) is 3. The van der Waals surface area contributed by atoms with E-state index in [0.29, 0.717) is 16.4 Å². The molecular formula is C9H10N6OS2. The second-order valence-corrected chi connectivity index (χ2v) is 5.11. The first-order valence-corrected chi connectivity index (χ1v) is 6.69. The molecule has 0 bridgehead atoms. The first kappa shape index (κ1) is 12.6. The van der Waals surface area contributed by atoms with Crippen LogP contribution in [-0.2, 0) is 5.75 Å². The molecule has 0 unspecified atom stereocenters. The zero-order valence-corrected chi connectivity index (χ0v) is 10.8. The van der Waals surface area contributed by atoms with E-state index in [9.17, 15) is 4.79 Å². The molecule has 0 radical (unpaired) electrons. The maximum Gasteiger partial charge on any atom is 0.258 e. The molecular weight excluding hydrogens is 272 g/mol. The number of rotatable bonds is 2. The number of aromatic nitrogens is 2. The van der Waals surface area contributed by atoms with Gasteiger partial charge in [0.1, 0.15) is 0 Å². The molecule has 18 heavy (non-hydrogen) atoms. The molecule has 7 nitrogen and oxygen atoms in total. The summed E-state index contributed by atoms with van der Waals surface area (Å²) in [6.07, 6.45) is 1.67. The van der Waals surface area contributed by atoms with Gasteiger partial charge in [-0.2, -0.15) is 4.99 Å². The Morgan fingerprint density at radius 3 is 3.11 bits per heavy atom. The predicted octanol–water partition coefficient (Wildman–Crippen LogP) is 0.197. The van der Waals surface area contributed by atoms with Crippen molar-refractivity contribution in [3.63, 3.8) is 0 Å². The summed E-state index contributed by atoms with van der Waals surface area (Å²) in [5, 5.41) is 9.24. The number of nitrogens with two attached hydrogens (primary N) is 2. The van der Waals surface area contributed by atoms with Gasteiger partial charge in [-0.1, -0.05) is 11.8 Å². The highest BCUT2D eigenvalue weighted by molar-refractivity contribution is 8.13. The fraction of sp³-hybridized carbons (Fsp3) is 0.111. The molecule has 0 aliphatic rings. The van der Waals surface area contributed by atoms with Gasteiger partial charge in [0.2, 0.25) is 0 Å². The summed E-state index contributed by atoms with van der Waals surface area (Å²) in [5.74, 6) is 0.216. The van der Waals surface area contributed by atoms with E-state index in [4.69, 9.17) is 16.9 Å². The summed E-state index contributed by atoms with van der Waals surface area (Å²) in [6.45, 7) is 0. The molecule has 9 heteroatoms. The maximum absolute atomic E-state index is 11.7. The smallest absolute Gasteiger partial charge is 0.258 e. The zero-order valence-electron chi connectivity index (χ0n) is 9.16. The van der Waals surface area contributed by atoms with Crippen molar-refractivity contribution in [3.05, 3.63) is 33.7 Å². The van der Waals surface area contributed by atoms with Crippen LogP contribution in [0.25, 0.3) is 4.96 Å². The Morgan fingerprint density at radius 2 is 2.39 bits per heavy atom. The van der Waals surface area contributed by atoms with Crippen molar-refractivity contribution in [1.29, 1.82) is 5.41 Å². The summed E-state index contributed by atoms with van der Waals surface area (Å²) >= 11 is 2.49. The van der Waals surface area contributed by atoms with Crippen molar-refractivity contribution in [2.24, 2.45) is 16.5 Å². The molecule has 0 aliphatic heterocycles. The number of nitrogens with one attached hydrogen (secondary N) is 1. The Labute approximate surface area is 110 Å². The lowest BCUT2D eigenvalue weighted by Gasteiger charge is -2.00. The maximum atomic E-state index is 11.7. The van der Waals surface area contributed by atoms with Gasteiger partial charge >= 0.3 is 0 Å². The normalized spacial score (nSPS) is 10.4. The van der Waals surface area contributed by atoms with E-state index in [1.165, 1.54) is 21.8 Å². The van der Waals surface area contributed by atoms with Crippen LogP contribution < -0.4 is 17.0 Å². The molecule has 0 aliphatic carbocycles. The van der Waals surface area contributed by atoms with Gasteiger partial charge in [0, 0.05) is 23.4 Å². The standard InChI is InChI=1S/C9H10N6OS2/c10-7(11)14-8(12)18-4-5-3-6(16)15-1-2-17-9(15)13-5/h1-3H,4H2,(H5,10,11,12,14). The largest absolute Gasteiger partial charge is 0.370 e. The van der Waals surface area contributed by atoms with E-state index in [1.54, 1.807) is 11.6 Å². The van der Waals surface area contributed by atoms with Crippen LogP contribution in [0.4, 0.5) is 0 Å². The average molecular weight is 282 g/mol. The van der Waals surface area contributed by atoms with Gasteiger partial charge in [-0.05, 0) is 0 Å². The number of amidine groups is 1. The average Bonchev–Trinajstić information content (AvgIpc) is 2.74. The highest BCUT2D eigenvalue weighted by Crippen LogP contribution is 2.13. The highest BCUT2D eigenvalue weighted by atomic mass is 32.2. The van der Waals surface area contributed by atoms with E-state index < -0.39 is 0 Å². The number of guanidine groups is 1. The SMILES string of the molecule is N=C(N=C(N)N)SCc1cc(=O)n2ccsc2n1. The lowest BCUT2D eigenvalue weighted by atomic mass is 10.4. The van der Waals surface area contributed by atoms with Gasteiger partial charge in [0.25, 0.3) is 5.56 Å². The van der Waals surface area contributed by atoms with Crippen LogP contribution in [0.1, 0.15) is 5.69 Å². The number of aliphatic imine (C=N–C) groups is 1. The predicted molar refractivity (Wildman–Crippen MR) is 74.2 cm³/mol. The van der Waals surface area contributed by atoms with E-state index in [0.717, 1.165) is 11.8 Å².